The smallest absolute Gasteiger partial charge is 0.0360 e. The zero-order valence-corrected chi connectivity index (χ0v) is 9.09. The first-order valence-corrected chi connectivity index (χ1v) is 6.28. The molecule has 0 aromatic carbocycles. The Hall–Kier alpha value is -0.380. The van der Waals surface area contributed by atoms with E-state index in [9.17, 15) is 0 Å². The third-order valence-electron chi connectivity index (χ3n) is 3.40. The SMILES string of the molecule is NC1CN(C2CCCc3sccc32)C1. The van der Waals surface area contributed by atoms with Gasteiger partial charge < -0.3 is 5.73 Å². The second-order valence-corrected chi connectivity index (χ2v) is 5.42. The van der Waals surface area contributed by atoms with Crippen LogP contribution in [0.1, 0.15) is 29.3 Å². The number of nitrogens with two attached hydrogens (primary N) is 1. The van der Waals surface area contributed by atoms with Gasteiger partial charge in [0.15, 0.2) is 0 Å². The molecule has 1 aromatic rings. The Balaban J connectivity index is 1.82. The van der Waals surface area contributed by atoms with Gasteiger partial charge in [-0.1, -0.05) is 0 Å². The fraction of sp³-hybridized carbons (Fsp3) is 0.636. The van der Waals surface area contributed by atoms with Crippen molar-refractivity contribution in [1.29, 1.82) is 0 Å². The summed E-state index contributed by atoms with van der Waals surface area (Å²) in [6, 6.07) is 3.43. The molecule has 0 radical (unpaired) electrons. The Kier molecular flexibility index (Phi) is 2.11. The Bertz CT molecular complexity index is 328. The number of hydrogen-bond acceptors (Lipinski definition) is 3. The molecule has 2 nitrogen and oxygen atoms in total. The number of thiophene rings is 1. The lowest BCUT2D eigenvalue weighted by Crippen LogP contribution is -2.56. The quantitative estimate of drug-likeness (QED) is 0.762. The number of nitrogens with zero attached hydrogens (tertiary/aromatic N) is 1. The molecule has 3 rings (SSSR count). The Morgan fingerprint density at radius 1 is 1.43 bits per heavy atom. The molecule has 0 spiro atoms. The van der Waals surface area contributed by atoms with Crippen molar-refractivity contribution in [3.63, 3.8) is 0 Å². The number of hydrogen-bond donors (Lipinski definition) is 1. The molecule has 0 amide bonds. The van der Waals surface area contributed by atoms with Crippen molar-refractivity contribution in [1.82, 2.24) is 4.90 Å². The zero-order valence-electron chi connectivity index (χ0n) is 8.28. The summed E-state index contributed by atoms with van der Waals surface area (Å²) >= 11 is 1.92. The summed E-state index contributed by atoms with van der Waals surface area (Å²) in [5, 5.41) is 2.24. The maximum absolute atomic E-state index is 5.83. The van der Waals surface area contributed by atoms with E-state index in [2.05, 4.69) is 16.3 Å². The van der Waals surface area contributed by atoms with Gasteiger partial charge in [0.05, 0.1) is 0 Å². The standard InChI is InChI=1S/C11H16N2S/c12-8-6-13(7-8)10-2-1-3-11-9(10)4-5-14-11/h4-5,8,10H,1-3,6-7,12H2. The molecular formula is C11H16N2S. The van der Waals surface area contributed by atoms with Crippen LogP contribution in [0.15, 0.2) is 11.4 Å². The van der Waals surface area contributed by atoms with Crippen molar-refractivity contribution < 1.29 is 0 Å². The maximum Gasteiger partial charge on any atom is 0.0360 e. The number of likely N-dealkylation sites (tertiary alicyclic amines) is 1. The highest BCUT2D eigenvalue weighted by Gasteiger charge is 2.33. The van der Waals surface area contributed by atoms with Gasteiger partial charge in [-0.15, -0.1) is 11.3 Å². The molecule has 1 aromatic heterocycles. The van der Waals surface area contributed by atoms with Gasteiger partial charge in [0.25, 0.3) is 0 Å². The van der Waals surface area contributed by atoms with E-state index in [0.717, 1.165) is 13.1 Å². The average molecular weight is 208 g/mol. The Morgan fingerprint density at radius 2 is 2.29 bits per heavy atom. The summed E-state index contributed by atoms with van der Waals surface area (Å²) in [6.07, 6.45) is 3.98. The van der Waals surface area contributed by atoms with Crippen molar-refractivity contribution in [3.8, 4) is 0 Å². The van der Waals surface area contributed by atoms with Crippen molar-refractivity contribution in [2.75, 3.05) is 13.1 Å². The lowest BCUT2D eigenvalue weighted by atomic mass is 9.90. The molecule has 14 heavy (non-hydrogen) atoms. The van der Waals surface area contributed by atoms with E-state index in [-0.39, 0.29) is 0 Å². The van der Waals surface area contributed by atoms with Crippen LogP contribution in [0, 0.1) is 0 Å². The Morgan fingerprint density at radius 3 is 3.07 bits per heavy atom. The van der Waals surface area contributed by atoms with Crippen molar-refractivity contribution in [2.45, 2.75) is 31.3 Å². The normalized spacial score (nSPS) is 28.5. The second kappa shape index (κ2) is 3.33. The lowest BCUT2D eigenvalue weighted by molar-refractivity contribution is 0.0838. The average Bonchev–Trinajstić information content (AvgIpc) is 2.60. The van der Waals surface area contributed by atoms with E-state index in [0.29, 0.717) is 12.1 Å². The van der Waals surface area contributed by atoms with Crippen molar-refractivity contribution in [3.05, 3.63) is 21.9 Å². The van der Waals surface area contributed by atoms with Gasteiger partial charge >= 0.3 is 0 Å². The van der Waals surface area contributed by atoms with E-state index in [4.69, 9.17) is 5.73 Å². The zero-order chi connectivity index (χ0) is 9.54. The van der Waals surface area contributed by atoms with Crippen LogP contribution in [0.25, 0.3) is 0 Å². The predicted molar refractivity (Wildman–Crippen MR) is 59.5 cm³/mol. The van der Waals surface area contributed by atoms with Crippen LogP contribution < -0.4 is 5.73 Å². The summed E-state index contributed by atoms with van der Waals surface area (Å²) in [5.41, 5.74) is 7.42. The first kappa shape index (κ1) is 8.89. The van der Waals surface area contributed by atoms with Gasteiger partial charge in [-0.05, 0) is 36.3 Å². The number of fused-ring (bicyclic) bond motifs is 1. The van der Waals surface area contributed by atoms with Gasteiger partial charge in [-0.2, -0.15) is 0 Å². The molecule has 1 saturated heterocycles. The highest BCUT2D eigenvalue weighted by atomic mass is 32.1. The number of rotatable bonds is 1. The van der Waals surface area contributed by atoms with Crippen molar-refractivity contribution in [2.24, 2.45) is 5.73 Å². The summed E-state index contributed by atoms with van der Waals surface area (Å²) in [4.78, 5) is 4.15. The Labute approximate surface area is 88.7 Å². The molecule has 0 bridgehead atoms. The summed E-state index contributed by atoms with van der Waals surface area (Å²) in [5.74, 6) is 0. The van der Waals surface area contributed by atoms with Gasteiger partial charge in [-0.3, -0.25) is 4.90 Å². The molecule has 1 atom stereocenters. The van der Waals surface area contributed by atoms with Crippen LogP contribution >= 0.6 is 11.3 Å². The van der Waals surface area contributed by atoms with Gasteiger partial charge in [0, 0.05) is 30.1 Å². The fourth-order valence-electron chi connectivity index (χ4n) is 2.64. The van der Waals surface area contributed by atoms with Gasteiger partial charge in [0.1, 0.15) is 0 Å². The van der Waals surface area contributed by atoms with Crippen LogP contribution in [0.5, 0.6) is 0 Å². The highest BCUT2D eigenvalue weighted by Crippen LogP contribution is 2.38. The van der Waals surface area contributed by atoms with Crippen molar-refractivity contribution >= 4 is 11.3 Å². The van der Waals surface area contributed by atoms with Gasteiger partial charge in [0.2, 0.25) is 0 Å². The molecule has 76 valence electrons. The lowest BCUT2D eigenvalue weighted by Gasteiger charge is -2.44. The van der Waals surface area contributed by atoms with E-state index in [1.165, 1.54) is 19.3 Å². The minimum absolute atomic E-state index is 0.430. The van der Waals surface area contributed by atoms with Crippen LogP contribution in [-0.4, -0.2) is 24.0 Å². The molecule has 2 N–H and O–H groups in total. The summed E-state index contributed by atoms with van der Waals surface area (Å²) in [7, 11) is 0. The van der Waals surface area contributed by atoms with Crippen LogP contribution in [-0.2, 0) is 6.42 Å². The maximum atomic E-state index is 5.83. The van der Waals surface area contributed by atoms with E-state index >= 15 is 0 Å². The second-order valence-electron chi connectivity index (χ2n) is 4.42. The molecule has 1 fully saturated rings. The van der Waals surface area contributed by atoms with Crippen LogP contribution in [0.4, 0.5) is 0 Å². The third-order valence-corrected chi connectivity index (χ3v) is 4.40. The number of aryl methyl sites for hydroxylation is 1. The molecule has 0 saturated carbocycles. The highest BCUT2D eigenvalue weighted by molar-refractivity contribution is 7.10. The molecule has 1 aliphatic heterocycles. The van der Waals surface area contributed by atoms with Gasteiger partial charge in [-0.25, -0.2) is 0 Å². The largest absolute Gasteiger partial charge is 0.325 e. The van der Waals surface area contributed by atoms with E-state index in [1.54, 1.807) is 10.4 Å². The topological polar surface area (TPSA) is 29.3 Å². The molecule has 2 aliphatic rings. The first-order valence-electron chi connectivity index (χ1n) is 5.40. The van der Waals surface area contributed by atoms with E-state index in [1.807, 2.05) is 11.3 Å². The summed E-state index contributed by atoms with van der Waals surface area (Å²) < 4.78 is 0. The summed E-state index contributed by atoms with van der Waals surface area (Å²) in [6.45, 7) is 2.19. The molecular weight excluding hydrogens is 192 g/mol. The van der Waals surface area contributed by atoms with Crippen LogP contribution in [0.3, 0.4) is 0 Å². The predicted octanol–water partition coefficient (Wildman–Crippen LogP) is 1.77. The molecule has 1 aliphatic carbocycles. The molecule has 1 unspecified atom stereocenters. The fourth-order valence-corrected chi connectivity index (χ4v) is 3.63. The third kappa shape index (κ3) is 1.31. The minimum Gasteiger partial charge on any atom is -0.325 e. The minimum atomic E-state index is 0.430. The molecule has 3 heteroatoms. The first-order chi connectivity index (χ1) is 6.84. The molecule has 2 heterocycles. The van der Waals surface area contributed by atoms with Crippen LogP contribution in [0.2, 0.25) is 0 Å². The monoisotopic (exact) mass is 208 g/mol. The van der Waals surface area contributed by atoms with E-state index < -0.39 is 0 Å².